The van der Waals surface area contributed by atoms with Crippen molar-refractivity contribution in [2.45, 2.75) is 90.9 Å². The molecular formula is C37H43Cl4N5O4. The monoisotopic (exact) mass is 761 g/mol. The number of unbranched alkanes of at least 4 members (excludes halogenated alkanes) is 11. The molecule has 0 saturated heterocycles. The van der Waals surface area contributed by atoms with Crippen molar-refractivity contribution in [3.05, 3.63) is 90.1 Å². The van der Waals surface area contributed by atoms with Gasteiger partial charge in [0, 0.05) is 5.02 Å². The fraction of sp³-hybridized carbons (Fsp3) is 0.405. The second-order valence-electron chi connectivity index (χ2n) is 12.2. The zero-order chi connectivity index (χ0) is 36.0. The molecule has 0 spiro atoms. The number of aromatic amines is 1. The lowest BCUT2D eigenvalue weighted by Gasteiger charge is -2.11. The van der Waals surface area contributed by atoms with Crippen molar-refractivity contribution >= 4 is 75.3 Å². The molecule has 4 rings (SSSR count). The molecule has 0 aliphatic heterocycles. The van der Waals surface area contributed by atoms with E-state index in [1.807, 2.05) is 0 Å². The maximum absolute atomic E-state index is 13.8. The summed E-state index contributed by atoms with van der Waals surface area (Å²) >= 11 is 25.7. The van der Waals surface area contributed by atoms with Gasteiger partial charge in [-0.1, -0.05) is 124 Å². The minimum absolute atomic E-state index is 0.0342. The topological polar surface area (TPSA) is 121 Å². The van der Waals surface area contributed by atoms with Crippen molar-refractivity contribution in [3.63, 3.8) is 0 Å². The predicted octanol–water partition coefficient (Wildman–Crippen LogP) is 12.8. The van der Waals surface area contributed by atoms with Crippen molar-refractivity contribution in [2.24, 2.45) is 10.2 Å². The van der Waals surface area contributed by atoms with Gasteiger partial charge in [-0.2, -0.15) is 5.11 Å². The van der Waals surface area contributed by atoms with Crippen LogP contribution in [0.5, 0.6) is 5.75 Å². The van der Waals surface area contributed by atoms with Crippen LogP contribution in [0.1, 0.15) is 99.9 Å². The number of phenolic OH excluding ortho intramolecular Hbond substituents is 1. The highest BCUT2D eigenvalue weighted by molar-refractivity contribution is 6.38. The van der Waals surface area contributed by atoms with Crippen molar-refractivity contribution in [1.29, 1.82) is 0 Å². The minimum atomic E-state index is -0.636. The fourth-order valence-electron chi connectivity index (χ4n) is 5.39. The van der Waals surface area contributed by atoms with Gasteiger partial charge in [0.05, 0.1) is 38.6 Å². The van der Waals surface area contributed by atoms with Crippen molar-refractivity contribution in [1.82, 2.24) is 9.78 Å². The minimum Gasteiger partial charge on any atom is -0.508 e. The Balaban J connectivity index is 1.43. The summed E-state index contributed by atoms with van der Waals surface area (Å²) in [7, 11) is 0. The van der Waals surface area contributed by atoms with Gasteiger partial charge in [-0.25, -0.2) is 9.48 Å². The molecule has 0 aliphatic rings. The SMILES string of the molecule is CCCCCCCCCCCCCCOC(=O)c1cc(Cl)c(-n2[nH]c(Nc3ccc(Cl)cc3Cl)c(N=Nc3ccc(O)c(C)c3)c2=O)c(Cl)c1. The van der Waals surface area contributed by atoms with E-state index in [-0.39, 0.29) is 38.6 Å². The van der Waals surface area contributed by atoms with Crippen LogP contribution in [0.15, 0.2) is 63.6 Å². The number of phenols is 1. The summed E-state index contributed by atoms with van der Waals surface area (Å²) in [6.45, 7) is 4.25. The number of rotatable bonds is 19. The van der Waals surface area contributed by atoms with Crippen LogP contribution in [0.4, 0.5) is 22.9 Å². The average molecular weight is 764 g/mol. The number of nitrogens with one attached hydrogen (secondary N) is 2. The van der Waals surface area contributed by atoms with Gasteiger partial charge in [-0.15, -0.1) is 5.11 Å². The first-order valence-corrected chi connectivity index (χ1v) is 18.5. The van der Waals surface area contributed by atoms with E-state index >= 15 is 0 Å². The molecule has 0 atom stereocenters. The molecule has 3 N–H and O–H groups in total. The van der Waals surface area contributed by atoms with E-state index in [4.69, 9.17) is 51.1 Å². The summed E-state index contributed by atoms with van der Waals surface area (Å²) in [4.78, 5) is 26.6. The predicted molar refractivity (Wildman–Crippen MR) is 205 cm³/mol. The molecule has 9 nitrogen and oxygen atoms in total. The van der Waals surface area contributed by atoms with E-state index in [1.165, 1.54) is 76.0 Å². The van der Waals surface area contributed by atoms with Crippen LogP contribution >= 0.6 is 46.4 Å². The number of carbonyl (C=O) groups is 1. The van der Waals surface area contributed by atoms with E-state index < -0.39 is 11.5 Å². The number of azo groups is 1. The van der Waals surface area contributed by atoms with Crippen molar-refractivity contribution in [2.75, 3.05) is 11.9 Å². The van der Waals surface area contributed by atoms with Crippen molar-refractivity contribution < 1.29 is 14.6 Å². The quantitative estimate of drug-likeness (QED) is 0.0499. The number of carbonyl (C=O) groups excluding carboxylic acids is 1. The van der Waals surface area contributed by atoms with Crippen LogP contribution < -0.4 is 10.9 Å². The number of hydrogen-bond acceptors (Lipinski definition) is 7. The Morgan fingerprint density at radius 3 is 2.04 bits per heavy atom. The summed E-state index contributed by atoms with van der Waals surface area (Å²) in [6, 6.07) is 12.3. The standard InChI is InChI=1S/C37H43Cl4N5O4/c1-3-4-5-6-7-8-9-10-11-12-13-14-19-50-37(49)25-21-29(40)34(30(41)22-25)46-36(48)33(44-43-27-16-18-32(47)24(2)20-27)35(45-46)42-31-17-15-26(38)23-28(31)39/h15-18,20-23,42,45,47H,3-14,19H2,1-2H3. The average Bonchev–Trinajstić information content (AvgIpc) is 3.38. The Hall–Kier alpha value is -3.50. The highest BCUT2D eigenvalue weighted by atomic mass is 35.5. The van der Waals surface area contributed by atoms with Gasteiger partial charge in [0.1, 0.15) is 11.4 Å². The molecule has 4 aromatic rings. The molecule has 268 valence electrons. The van der Waals surface area contributed by atoms with Crippen LogP contribution in [0.3, 0.4) is 0 Å². The molecular weight excluding hydrogens is 720 g/mol. The summed E-state index contributed by atoms with van der Waals surface area (Å²) in [5.74, 6) is -0.314. The smallest absolute Gasteiger partial charge is 0.338 e. The maximum atomic E-state index is 13.8. The van der Waals surface area contributed by atoms with Crippen LogP contribution in [-0.4, -0.2) is 27.5 Å². The Morgan fingerprint density at radius 2 is 1.44 bits per heavy atom. The van der Waals surface area contributed by atoms with Gasteiger partial charge in [-0.3, -0.25) is 9.89 Å². The third kappa shape index (κ3) is 11.3. The Labute approximate surface area is 312 Å². The lowest BCUT2D eigenvalue weighted by atomic mass is 10.1. The molecule has 50 heavy (non-hydrogen) atoms. The summed E-state index contributed by atoms with van der Waals surface area (Å²) in [5, 5.41) is 25.1. The molecule has 0 amide bonds. The van der Waals surface area contributed by atoms with E-state index in [9.17, 15) is 14.7 Å². The molecule has 0 aliphatic carbocycles. The number of aromatic nitrogens is 2. The summed E-state index contributed by atoms with van der Waals surface area (Å²) in [5.41, 5.74) is 0.947. The third-order valence-electron chi connectivity index (χ3n) is 8.21. The number of aryl methyl sites for hydroxylation is 1. The number of aromatic hydroxyl groups is 1. The van der Waals surface area contributed by atoms with Crippen LogP contribution in [0, 0.1) is 6.92 Å². The van der Waals surface area contributed by atoms with Gasteiger partial charge >= 0.3 is 11.5 Å². The zero-order valence-electron chi connectivity index (χ0n) is 28.3. The fourth-order valence-corrected chi connectivity index (χ4v) is 6.50. The first-order chi connectivity index (χ1) is 24.1. The molecule has 0 radical (unpaired) electrons. The van der Waals surface area contributed by atoms with Gasteiger partial charge < -0.3 is 15.2 Å². The highest BCUT2D eigenvalue weighted by Crippen LogP contribution is 2.35. The molecule has 0 saturated carbocycles. The summed E-state index contributed by atoms with van der Waals surface area (Å²) in [6.07, 6.45) is 14.6. The number of ether oxygens (including phenoxy) is 1. The van der Waals surface area contributed by atoms with Gasteiger partial charge in [-0.05, 0) is 67.4 Å². The number of nitrogens with zero attached hydrogens (tertiary/aromatic N) is 3. The maximum Gasteiger partial charge on any atom is 0.338 e. The molecule has 0 unspecified atom stereocenters. The first kappa shape index (κ1) is 39.3. The molecule has 0 bridgehead atoms. The lowest BCUT2D eigenvalue weighted by molar-refractivity contribution is 0.0497. The molecule has 3 aromatic carbocycles. The molecule has 0 fully saturated rings. The first-order valence-electron chi connectivity index (χ1n) is 17.0. The van der Waals surface area contributed by atoms with Gasteiger partial charge in [0.15, 0.2) is 11.5 Å². The number of halogens is 4. The van der Waals surface area contributed by atoms with E-state index in [1.54, 1.807) is 37.3 Å². The number of anilines is 2. The van der Waals surface area contributed by atoms with Crippen LogP contribution in [0.2, 0.25) is 20.1 Å². The number of benzene rings is 3. The number of hydrogen-bond donors (Lipinski definition) is 3. The van der Waals surface area contributed by atoms with E-state index in [2.05, 4.69) is 27.6 Å². The number of esters is 1. The Kier molecular flexibility index (Phi) is 15.5. The van der Waals surface area contributed by atoms with E-state index in [0.29, 0.717) is 33.6 Å². The van der Waals surface area contributed by atoms with E-state index in [0.717, 1.165) is 23.9 Å². The second kappa shape index (κ2) is 19.8. The highest BCUT2D eigenvalue weighted by Gasteiger charge is 2.22. The molecule has 13 heteroatoms. The zero-order valence-corrected chi connectivity index (χ0v) is 31.4. The largest absolute Gasteiger partial charge is 0.508 e. The normalized spacial score (nSPS) is 11.4. The van der Waals surface area contributed by atoms with Crippen LogP contribution in [0.25, 0.3) is 5.69 Å². The third-order valence-corrected chi connectivity index (χ3v) is 9.33. The lowest BCUT2D eigenvalue weighted by Crippen LogP contribution is -2.16. The number of H-pyrrole nitrogens is 1. The van der Waals surface area contributed by atoms with Crippen molar-refractivity contribution in [3.8, 4) is 11.4 Å². The Bertz CT molecular complexity index is 1820. The molecule has 1 heterocycles. The Morgan fingerprint density at radius 1 is 0.820 bits per heavy atom. The van der Waals surface area contributed by atoms with Gasteiger partial charge in [0.2, 0.25) is 0 Å². The van der Waals surface area contributed by atoms with Gasteiger partial charge in [0.25, 0.3) is 0 Å². The molecule has 1 aromatic heterocycles. The van der Waals surface area contributed by atoms with Crippen LogP contribution in [-0.2, 0) is 4.74 Å². The second-order valence-corrected chi connectivity index (χ2v) is 13.9. The summed E-state index contributed by atoms with van der Waals surface area (Å²) < 4.78 is 6.60.